The largest absolute Gasteiger partial charge is 0.309 e. The van der Waals surface area contributed by atoms with Gasteiger partial charge in [-0.25, -0.2) is 0 Å². The van der Waals surface area contributed by atoms with Gasteiger partial charge in [0.2, 0.25) is 0 Å². The third-order valence-electron chi connectivity index (χ3n) is 12.4. The third kappa shape index (κ3) is 4.58. The van der Waals surface area contributed by atoms with E-state index < -0.39 is 8.07 Å². The first-order valence-electron chi connectivity index (χ1n) is 19.8. The van der Waals surface area contributed by atoms with Crippen LogP contribution in [0.3, 0.4) is 0 Å². The van der Waals surface area contributed by atoms with Crippen molar-refractivity contribution in [2.75, 3.05) is 0 Å². The van der Waals surface area contributed by atoms with E-state index in [4.69, 9.17) is 0 Å². The Morgan fingerprint density at radius 1 is 0.298 bits per heavy atom. The molecule has 0 amide bonds. The second kappa shape index (κ2) is 12.4. The summed E-state index contributed by atoms with van der Waals surface area (Å²) in [7, 11) is -2.83. The standard InChI is InChI=1S/C54H36N2Si/c1-4-16-37(17-5-1)39-20-14-23-43(34-39)57(42-21-8-3-9-22-42)52-28-13-12-27-51(52)56-50-33-31-41(36-47(50)45-25-15-29-53(57)54(45)56)55-48-26-11-10-24-44(48)46-35-40(30-32-49(46)55)38-18-6-2-7-19-38/h1-36H. The van der Waals surface area contributed by atoms with Crippen molar-refractivity contribution in [3.63, 3.8) is 0 Å². The first-order valence-corrected chi connectivity index (χ1v) is 21.8. The number of fused-ring (bicyclic) bond motifs is 8. The van der Waals surface area contributed by atoms with Gasteiger partial charge in [-0.3, -0.25) is 0 Å². The maximum absolute atomic E-state index is 2.83. The zero-order valence-corrected chi connectivity index (χ0v) is 32.2. The van der Waals surface area contributed by atoms with Crippen LogP contribution in [0, 0.1) is 0 Å². The topological polar surface area (TPSA) is 9.86 Å². The van der Waals surface area contributed by atoms with Gasteiger partial charge in [0, 0.05) is 32.9 Å². The molecule has 0 saturated heterocycles. The molecule has 1 aliphatic rings. The van der Waals surface area contributed by atoms with Crippen LogP contribution < -0.4 is 20.7 Å². The molecule has 12 rings (SSSR count). The quantitative estimate of drug-likeness (QED) is 0.156. The highest BCUT2D eigenvalue weighted by Gasteiger charge is 2.47. The number of aromatic nitrogens is 2. The first kappa shape index (κ1) is 32.1. The fourth-order valence-electron chi connectivity index (χ4n) is 9.98. The number of hydrogen-bond donors (Lipinski definition) is 0. The van der Waals surface area contributed by atoms with Crippen molar-refractivity contribution in [2.24, 2.45) is 0 Å². The van der Waals surface area contributed by atoms with Crippen molar-refractivity contribution >= 4 is 72.4 Å². The second-order valence-electron chi connectivity index (χ2n) is 15.3. The predicted octanol–water partition coefficient (Wildman–Crippen LogP) is 10.9. The fraction of sp³-hybridized carbons (Fsp3) is 0. The lowest BCUT2D eigenvalue weighted by atomic mass is 10.0. The summed E-state index contributed by atoms with van der Waals surface area (Å²) in [6, 6.07) is 81.4. The Kier molecular flexibility index (Phi) is 6.98. The highest BCUT2D eigenvalue weighted by atomic mass is 28.3. The summed E-state index contributed by atoms with van der Waals surface area (Å²) in [6.07, 6.45) is 0. The smallest absolute Gasteiger partial charge is 0.184 e. The molecule has 1 atom stereocenters. The zero-order valence-electron chi connectivity index (χ0n) is 31.2. The lowest BCUT2D eigenvalue weighted by molar-refractivity contribution is 1.17. The van der Waals surface area contributed by atoms with E-state index >= 15 is 0 Å². The third-order valence-corrected chi connectivity index (χ3v) is 17.2. The lowest BCUT2D eigenvalue weighted by Gasteiger charge is -2.40. The van der Waals surface area contributed by atoms with Crippen LogP contribution in [-0.4, -0.2) is 17.2 Å². The normalized spacial score (nSPS) is 14.7. The number of nitrogens with zero attached hydrogens (tertiary/aromatic N) is 2. The Bertz CT molecular complexity index is 3340. The molecule has 0 saturated carbocycles. The molecule has 0 radical (unpaired) electrons. The maximum atomic E-state index is 2.56. The van der Waals surface area contributed by atoms with Gasteiger partial charge in [-0.05, 0) is 85.5 Å². The van der Waals surface area contributed by atoms with Crippen LogP contribution in [-0.2, 0) is 0 Å². The van der Waals surface area contributed by atoms with E-state index in [0.29, 0.717) is 0 Å². The average Bonchev–Trinajstić information content (AvgIpc) is 3.81. The van der Waals surface area contributed by atoms with E-state index in [1.807, 2.05) is 0 Å². The summed E-state index contributed by atoms with van der Waals surface area (Å²) < 4.78 is 5.02. The van der Waals surface area contributed by atoms with Crippen LogP contribution in [0.15, 0.2) is 218 Å². The minimum Gasteiger partial charge on any atom is -0.309 e. The van der Waals surface area contributed by atoms with Gasteiger partial charge in [-0.2, -0.15) is 0 Å². The number of para-hydroxylation sites is 3. The average molecular weight is 741 g/mol. The summed E-state index contributed by atoms with van der Waals surface area (Å²) >= 11 is 0. The van der Waals surface area contributed by atoms with Gasteiger partial charge in [0.05, 0.1) is 22.1 Å². The predicted molar refractivity (Wildman–Crippen MR) is 243 cm³/mol. The molecule has 3 heteroatoms. The molecule has 3 heterocycles. The van der Waals surface area contributed by atoms with E-state index in [1.54, 1.807) is 0 Å². The van der Waals surface area contributed by atoms with Crippen molar-refractivity contribution < 1.29 is 0 Å². The van der Waals surface area contributed by atoms with Crippen molar-refractivity contribution in [3.05, 3.63) is 218 Å². The molecule has 0 bridgehead atoms. The van der Waals surface area contributed by atoms with Gasteiger partial charge in [0.25, 0.3) is 0 Å². The van der Waals surface area contributed by atoms with Crippen LogP contribution in [0.4, 0.5) is 0 Å². The SMILES string of the molecule is c1ccc(-c2cccc([Si]3(c4ccccc4)c4ccccc4-n4c5ccc(-n6c7ccccc7c7cc(-c8ccccc8)ccc76)cc5c5cccc3c54)c2)cc1. The van der Waals surface area contributed by atoms with Crippen LogP contribution in [0.5, 0.6) is 0 Å². The molecule has 9 aromatic carbocycles. The molecule has 2 aromatic heterocycles. The maximum Gasteiger partial charge on any atom is 0.184 e. The molecule has 0 N–H and O–H groups in total. The molecule has 1 aliphatic heterocycles. The molecule has 0 fully saturated rings. The van der Waals surface area contributed by atoms with E-state index in [9.17, 15) is 0 Å². The Labute approximate surface area is 332 Å². The van der Waals surface area contributed by atoms with E-state index in [0.717, 1.165) is 0 Å². The van der Waals surface area contributed by atoms with Gasteiger partial charge < -0.3 is 9.13 Å². The summed E-state index contributed by atoms with van der Waals surface area (Å²) in [5.41, 5.74) is 12.4. The lowest BCUT2D eigenvalue weighted by Crippen LogP contribution is -2.76. The highest BCUT2D eigenvalue weighted by molar-refractivity contribution is 7.21. The van der Waals surface area contributed by atoms with Crippen molar-refractivity contribution in [2.45, 2.75) is 0 Å². The highest BCUT2D eigenvalue weighted by Crippen LogP contribution is 2.39. The number of hydrogen-bond acceptors (Lipinski definition) is 0. The number of benzene rings is 9. The molecule has 2 nitrogen and oxygen atoms in total. The Balaban J connectivity index is 1.15. The fourth-order valence-corrected chi connectivity index (χ4v) is 15.1. The van der Waals surface area contributed by atoms with Gasteiger partial charge in [-0.15, -0.1) is 0 Å². The summed E-state index contributed by atoms with van der Waals surface area (Å²) in [5.74, 6) is 0. The van der Waals surface area contributed by atoms with Crippen molar-refractivity contribution in [1.82, 2.24) is 9.13 Å². The molecule has 57 heavy (non-hydrogen) atoms. The number of rotatable bonds is 5. The molecular weight excluding hydrogens is 705 g/mol. The van der Waals surface area contributed by atoms with Gasteiger partial charge >= 0.3 is 0 Å². The Hall–Kier alpha value is -7.20. The molecular formula is C54H36N2Si. The van der Waals surface area contributed by atoms with Crippen LogP contribution in [0.25, 0.3) is 77.2 Å². The Morgan fingerprint density at radius 3 is 1.65 bits per heavy atom. The van der Waals surface area contributed by atoms with Crippen LogP contribution in [0.2, 0.25) is 0 Å². The molecule has 0 spiro atoms. The minimum absolute atomic E-state index is 1.17. The first-order chi connectivity index (χ1) is 28.3. The van der Waals surface area contributed by atoms with Crippen LogP contribution in [0.1, 0.15) is 0 Å². The molecule has 11 aromatic rings. The van der Waals surface area contributed by atoms with Crippen molar-refractivity contribution in [1.29, 1.82) is 0 Å². The van der Waals surface area contributed by atoms with E-state index in [2.05, 4.69) is 228 Å². The minimum atomic E-state index is -2.83. The monoisotopic (exact) mass is 740 g/mol. The Morgan fingerprint density at radius 2 is 0.842 bits per heavy atom. The van der Waals surface area contributed by atoms with Gasteiger partial charge in [-0.1, -0.05) is 176 Å². The van der Waals surface area contributed by atoms with Crippen LogP contribution >= 0.6 is 0 Å². The molecule has 1 unspecified atom stereocenters. The second-order valence-corrected chi connectivity index (χ2v) is 19.0. The summed E-state index contributed by atoms with van der Waals surface area (Å²) in [5, 5.41) is 10.7. The van der Waals surface area contributed by atoms with Gasteiger partial charge in [0.1, 0.15) is 0 Å². The van der Waals surface area contributed by atoms with Gasteiger partial charge in [0.15, 0.2) is 8.07 Å². The van der Waals surface area contributed by atoms with E-state index in [-0.39, 0.29) is 0 Å². The molecule has 0 aliphatic carbocycles. The van der Waals surface area contributed by atoms with E-state index in [1.165, 1.54) is 98.0 Å². The summed E-state index contributed by atoms with van der Waals surface area (Å²) in [6.45, 7) is 0. The summed E-state index contributed by atoms with van der Waals surface area (Å²) in [4.78, 5) is 0. The zero-order chi connectivity index (χ0) is 37.5. The molecule has 266 valence electrons. The van der Waals surface area contributed by atoms with Crippen molar-refractivity contribution in [3.8, 4) is 33.6 Å².